The number of carbonyl (C=O) groups excluding carboxylic acids is 1. The fourth-order valence-electron chi connectivity index (χ4n) is 2.53. The molecule has 0 saturated heterocycles. The molecule has 0 bridgehead atoms. The lowest BCUT2D eigenvalue weighted by atomic mass is 10.1. The van der Waals surface area contributed by atoms with Crippen molar-refractivity contribution < 1.29 is 28.3 Å². The van der Waals surface area contributed by atoms with Gasteiger partial charge in [-0.15, -0.1) is 0 Å². The summed E-state index contributed by atoms with van der Waals surface area (Å²) in [6.45, 7) is 0.944. The van der Waals surface area contributed by atoms with Crippen LogP contribution in [0.25, 0.3) is 0 Å². The van der Waals surface area contributed by atoms with E-state index in [-0.39, 0.29) is 11.3 Å². The molecule has 1 amide bonds. The molecule has 0 aliphatic heterocycles. The van der Waals surface area contributed by atoms with E-state index in [9.17, 15) is 23.1 Å². The summed E-state index contributed by atoms with van der Waals surface area (Å²) in [6.07, 6.45) is -0.139. The molecule has 2 aromatic rings. The van der Waals surface area contributed by atoms with Crippen LogP contribution in [0.5, 0.6) is 0 Å². The van der Waals surface area contributed by atoms with Crippen LogP contribution in [0, 0.1) is 6.92 Å². The lowest BCUT2D eigenvalue weighted by Gasteiger charge is -2.27. The lowest BCUT2D eigenvalue weighted by Crippen LogP contribution is -2.50. The monoisotopic (exact) mass is 392 g/mol. The maximum Gasteiger partial charge on any atom is 0.322 e. The summed E-state index contributed by atoms with van der Waals surface area (Å²) in [5.74, 6) is -2.44. The second-order valence-corrected chi connectivity index (χ2v) is 7.83. The van der Waals surface area contributed by atoms with E-state index in [4.69, 9.17) is 5.21 Å². The van der Waals surface area contributed by atoms with Crippen LogP contribution < -0.4 is 5.48 Å². The van der Waals surface area contributed by atoms with Crippen molar-refractivity contribution in [1.29, 1.82) is 0 Å². The summed E-state index contributed by atoms with van der Waals surface area (Å²) in [7, 11) is -4.31. The normalized spacial score (nSPS) is 12.6. The highest BCUT2D eigenvalue weighted by molar-refractivity contribution is 7.89. The van der Waals surface area contributed by atoms with Crippen molar-refractivity contribution in [2.45, 2.75) is 24.3 Å². The summed E-state index contributed by atoms with van der Waals surface area (Å²) >= 11 is 0. The molecule has 27 heavy (non-hydrogen) atoms. The standard InChI is InChI=1S/C18H20N2O6S/c1-13-7-9-15(10-8-13)27(25,26)20(12-17(21)19-24)16(18(22)23)11-14-5-3-2-4-6-14/h2-10,16,24H,11-12H2,1H3,(H,19,21)(H,22,23). The number of amides is 1. The van der Waals surface area contributed by atoms with Crippen LogP contribution in [0.3, 0.4) is 0 Å². The molecule has 1 unspecified atom stereocenters. The highest BCUT2D eigenvalue weighted by Gasteiger charge is 2.37. The Morgan fingerprint density at radius 3 is 2.19 bits per heavy atom. The van der Waals surface area contributed by atoms with Crippen molar-refractivity contribution in [3.8, 4) is 0 Å². The predicted molar refractivity (Wildman–Crippen MR) is 96.6 cm³/mol. The molecule has 9 heteroatoms. The van der Waals surface area contributed by atoms with Gasteiger partial charge in [0.1, 0.15) is 6.04 Å². The largest absolute Gasteiger partial charge is 0.480 e. The van der Waals surface area contributed by atoms with Gasteiger partial charge in [0.2, 0.25) is 10.0 Å². The lowest BCUT2D eigenvalue weighted by molar-refractivity contribution is -0.142. The minimum atomic E-state index is -4.31. The van der Waals surface area contributed by atoms with E-state index in [0.29, 0.717) is 9.87 Å². The number of sulfonamides is 1. The summed E-state index contributed by atoms with van der Waals surface area (Å²) in [5, 5.41) is 18.4. The number of carboxylic acids is 1. The Bertz CT molecular complexity index is 897. The number of benzene rings is 2. The van der Waals surface area contributed by atoms with E-state index in [2.05, 4.69) is 0 Å². The van der Waals surface area contributed by atoms with Gasteiger partial charge in [0, 0.05) is 0 Å². The van der Waals surface area contributed by atoms with Gasteiger partial charge in [-0.1, -0.05) is 48.0 Å². The molecule has 0 saturated carbocycles. The number of hydrogen-bond donors (Lipinski definition) is 3. The molecule has 0 heterocycles. The van der Waals surface area contributed by atoms with Crippen molar-refractivity contribution in [2.75, 3.05) is 6.54 Å². The third kappa shape index (κ3) is 5.13. The first-order chi connectivity index (χ1) is 12.8. The number of rotatable bonds is 8. The minimum Gasteiger partial charge on any atom is -0.480 e. The molecule has 0 radical (unpaired) electrons. The van der Waals surface area contributed by atoms with Crippen molar-refractivity contribution in [2.24, 2.45) is 0 Å². The van der Waals surface area contributed by atoms with Gasteiger partial charge in [-0.25, -0.2) is 13.9 Å². The highest BCUT2D eigenvalue weighted by Crippen LogP contribution is 2.21. The molecule has 2 aromatic carbocycles. The number of aryl methyl sites for hydroxylation is 1. The van der Waals surface area contributed by atoms with Crippen LogP contribution in [0.1, 0.15) is 11.1 Å². The minimum absolute atomic E-state index is 0.139. The summed E-state index contributed by atoms with van der Waals surface area (Å²) in [5.41, 5.74) is 2.77. The molecule has 8 nitrogen and oxygen atoms in total. The third-order valence-corrected chi connectivity index (χ3v) is 5.83. The molecular formula is C18H20N2O6S. The third-order valence-electron chi connectivity index (χ3n) is 3.96. The Labute approximate surface area is 157 Å². The number of hydroxylamine groups is 1. The molecule has 1 atom stereocenters. The molecular weight excluding hydrogens is 372 g/mol. The van der Waals surface area contributed by atoms with Crippen molar-refractivity contribution in [3.63, 3.8) is 0 Å². The molecule has 0 aliphatic carbocycles. The Morgan fingerprint density at radius 1 is 1.07 bits per heavy atom. The zero-order chi connectivity index (χ0) is 20.0. The number of aliphatic carboxylic acids is 1. The van der Waals surface area contributed by atoms with Crippen molar-refractivity contribution in [3.05, 3.63) is 65.7 Å². The average Bonchev–Trinajstić information content (AvgIpc) is 2.65. The van der Waals surface area contributed by atoms with Gasteiger partial charge in [0.25, 0.3) is 5.91 Å². The first kappa shape index (κ1) is 20.6. The molecule has 0 aliphatic rings. The molecule has 144 valence electrons. The molecule has 3 N–H and O–H groups in total. The van der Waals surface area contributed by atoms with Crippen LogP contribution >= 0.6 is 0 Å². The maximum absolute atomic E-state index is 13.0. The Morgan fingerprint density at radius 2 is 1.67 bits per heavy atom. The van der Waals surface area contributed by atoms with Crippen LogP contribution in [0.15, 0.2) is 59.5 Å². The van der Waals surface area contributed by atoms with Crippen LogP contribution in [-0.2, 0) is 26.0 Å². The quantitative estimate of drug-likeness (QED) is 0.458. The van der Waals surface area contributed by atoms with E-state index in [1.807, 2.05) is 0 Å². The fourth-order valence-corrected chi connectivity index (χ4v) is 4.07. The van der Waals surface area contributed by atoms with Gasteiger partial charge in [-0.3, -0.25) is 14.8 Å². The zero-order valence-corrected chi connectivity index (χ0v) is 15.4. The Balaban J connectivity index is 2.48. The van der Waals surface area contributed by atoms with Gasteiger partial charge < -0.3 is 5.11 Å². The molecule has 0 spiro atoms. The van der Waals surface area contributed by atoms with E-state index in [0.717, 1.165) is 5.56 Å². The number of carbonyl (C=O) groups is 2. The fraction of sp³-hybridized carbons (Fsp3) is 0.222. The number of nitrogens with zero attached hydrogens (tertiary/aromatic N) is 1. The topological polar surface area (TPSA) is 124 Å². The van der Waals surface area contributed by atoms with Gasteiger partial charge in [0.15, 0.2) is 0 Å². The number of nitrogens with one attached hydrogen (secondary N) is 1. The molecule has 0 aromatic heterocycles. The summed E-state index contributed by atoms with van der Waals surface area (Å²) in [6, 6.07) is 12.8. The number of carboxylic acid groups (broad SMARTS) is 1. The second-order valence-electron chi connectivity index (χ2n) is 5.94. The maximum atomic E-state index is 13.0. The highest BCUT2D eigenvalue weighted by atomic mass is 32.2. The van der Waals surface area contributed by atoms with Gasteiger partial charge in [-0.05, 0) is 31.0 Å². The predicted octanol–water partition coefficient (Wildman–Crippen LogP) is 1.19. The van der Waals surface area contributed by atoms with E-state index < -0.39 is 34.5 Å². The average molecular weight is 392 g/mol. The van der Waals surface area contributed by atoms with Crippen LogP contribution in [-0.4, -0.2) is 47.5 Å². The smallest absolute Gasteiger partial charge is 0.322 e. The van der Waals surface area contributed by atoms with Crippen molar-refractivity contribution >= 4 is 21.9 Å². The first-order valence-electron chi connectivity index (χ1n) is 8.04. The zero-order valence-electron chi connectivity index (χ0n) is 14.6. The van der Waals surface area contributed by atoms with Crippen LogP contribution in [0.4, 0.5) is 0 Å². The van der Waals surface area contributed by atoms with Gasteiger partial charge >= 0.3 is 5.97 Å². The van der Waals surface area contributed by atoms with E-state index >= 15 is 0 Å². The number of hydrogen-bond acceptors (Lipinski definition) is 5. The van der Waals surface area contributed by atoms with Gasteiger partial charge in [0.05, 0.1) is 11.4 Å². The van der Waals surface area contributed by atoms with E-state index in [1.165, 1.54) is 17.6 Å². The summed E-state index contributed by atoms with van der Waals surface area (Å²) < 4.78 is 26.6. The van der Waals surface area contributed by atoms with Crippen LogP contribution in [0.2, 0.25) is 0 Å². The van der Waals surface area contributed by atoms with E-state index in [1.54, 1.807) is 49.4 Å². The Kier molecular flexibility index (Phi) is 6.67. The second kappa shape index (κ2) is 8.76. The summed E-state index contributed by atoms with van der Waals surface area (Å²) in [4.78, 5) is 23.4. The van der Waals surface area contributed by atoms with Crippen molar-refractivity contribution in [1.82, 2.24) is 9.79 Å². The first-order valence-corrected chi connectivity index (χ1v) is 9.48. The molecule has 2 rings (SSSR count). The SMILES string of the molecule is Cc1ccc(S(=O)(=O)N(CC(=O)NO)C(Cc2ccccc2)C(=O)O)cc1. The Hall–Kier alpha value is -2.75. The van der Waals surface area contributed by atoms with Gasteiger partial charge in [-0.2, -0.15) is 4.31 Å². The molecule has 0 fully saturated rings.